The number of aromatic nitrogens is 3. The number of hydrogen-bond donors (Lipinski definition) is 1. The molecular weight excluding hydrogens is 352 g/mol. The molecule has 3 rings (SSSR count). The van der Waals surface area contributed by atoms with Gasteiger partial charge < -0.3 is 5.32 Å². The number of nitrogens with zero attached hydrogens (tertiary/aromatic N) is 3. The van der Waals surface area contributed by atoms with Crippen molar-refractivity contribution < 1.29 is 4.79 Å². The number of benzene rings is 1. The molecule has 0 atom stereocenters. The molecule has 7 heteroatoms. The maximum atomic E-state index is 12.1. The summed E-state index contributed by atoms with van der Waals surface area (Å²) in [5.74, 6) is -0.128. The maximum Gasteiger partial charge on any atom is 0.247 e. The van der Waals surface area contributed by atoms with Crippen LogP contribution in [0.1, 0.15) is 11.4 Å². The number of aryl methyl sites for hydroxylation is 2. The summed E-state index contributed by atoms with van der Waals surface area (Å²) in [6.07, 6.45) is 0. The Hall–Kier alpha value is -1.73. The highest BCUT2D eigenvalue weighted by Crippen LogP contribution is 2.30. The number of halogens is 1. The van der Waals surface area contributed by atoms with E-state index in [1.807, 2.05) is 38.1 Å². The summed E-state index contributed by atoms with van der Waals surface area (Å²) in [6, 6.07) is 7.81. The molecule has 0 bridgehead atoms. The summed E-state index contributed by atoms with van der Waals surface area (Å²) in [5, 5.41) is 7.71. The van der Waals surface area contributed by atoms with Gasteiger partial charge in [0.15, 0.2) is 5.13 Å². The lowest BCUT2D eigenvalue weighted by Gasteiger charge is -2.03. The zero-order valence-electron chi connectivity index (χ0n) is 11.6. The molecule has 2 aromatic heterocycles. The fraction of sp³-hybridized carbons (Fsp3) is 0.214. The molecule has 0 aliphatic heterocycles. The minimum Gasteiger partial charge on any atom is -0.300 e. The van der Waals surface area contributed by atoms with Crippen molar-refractivity contribution in [3.8, 4) is 0 Å². The van der Waals surface area contributed by atoms with Gasteiger partial charge in [0.1, 0.15) is 6.54 Å². The van der Waals surface area contributed by atoms with Gasteiger partial charge in [-0.1, -0.05) is 17.4 Å². The lowest BCUT2D eigenvalue weighted by molar-refractivity contribution is -0.116. The first-order valence-corrected chi connectivity index (χ1v) is 8.00. The quantitative estimate of drug-likeness (QED) is 0.773. The van der Waals surface area contributed by atoms with Crippen LogP contribution in [0.5, 0.6) is 0 Å². The second-order valence-electron chi connectivity index (χ2n) is 4.74. The van der Waals surface area contributed by atoms with Crippen LogP contribution in [-0.4, -0.2) is 20.7 Å². The average molecular weight is 365 g/mol. The van der Waals surface area contributed by atoms with E-state index in [9.17, 15) is 4.79 Å². The molecule has 0 saturated heterocycles. The Bertz CT molecular complexity index is 824. The smallest absolute Gasteiger partial charge is 0.247 e. The summed E-state index contributed by atoms with van der Waals surface area (Å²) >= 11 is 4.92. The molecule has 0 unspecified atom stereocenters. The number of hydrogen-bond acceptors (Lipinski definition) is 4. The van der Waals surface area contributed by atoms with E-state index in [2.05, 4.69) is 31.3 Å². The second-order valence-corrected chi connectivity index (χ2v) is 6.62. The monoisotopic (exact) mass is 364 g/mol. The molecule has 0 aliphatic rings. The van der Waals surface area contributed by atoms with Crippen LogP contribution >= 0.6 is 27.3 Å². The SMILES string of the molecule is Cc1cc(C)n(CC(=O)Nc2nc3c(Br)cccc3s2)n1. The molecule has 0 fully saturated rings. The number of anilines is 1. The molecule has 2 heterocycles. The predicted octanol–water partition coefficient (Wildman–Crippen LogP) is 3.51. The lowest BCUT2D eigenvalue weighted by atomic mass is 10.3. The number of para-hydroxylation sites is 1. The van der Waals surface area contributed by atoms with E-state index in [4.69, 9.17) is 0 Å². The first-order valence-electron chi connectivity index (χ1n) is 6.39. The van der Waals surface area contributed by atoms with Gasteiger partial charge in [0.05, 0.1) is 15.9 Å². The average Bonchev–Trinajstić information content (AvgIpc) is 2.94. The van der Waals surface area contributed by atoms with E-state index in [0.29, 0.717) is 5.13 Å². The zero-order chi connectivity index (χ0) is 15.0. The van der Waals surface area contributed by atoms with Gasteiger partial charge >= 0.3 is 0 Å². The third-order valence-electron chi connectivity index (χ3n) is 3.01. The summed E-state index contributed by atoms with van der Waals surface area (Å²) < 4.78 is 3.65. The predicted molar refractivity (Wildman–Crippen MR) is 87.7 cm³/mol. The summed E-state index contributed by atoms with van der Waals surface area (Å²) in [4.78, 5) is 16.5. The number of nitrogens with one attached hydrogen (secondary N) is 1. The van der Waals surface area contributed by atoms with E-state index in [-0.39, 0.29) is 12.5 Å². The molecule has 21 heavy (non-hydrogen) atoms. The minimum atomic E-state index is -0.128. The van der Waals surface area contributed by atoms with E-state index in [1.165, 1.54) is 11.3 Å². The fourth-order valence-electron chi connectivity index (χ4n) is 2.10. The lowest BCUT2D eigenvalue weighted by Crippen LogP contribution is -2.20. The third-order valence-corrected chi connectivity index (χ3v) is 4.59. The zero-order valence-corrected chi connectivity index (χ0v) is 14.0. The highest BCUT2D eigenvalue weighted by atomic mass is 79.9. The molecule has 0 aliphatic carbocycles. The third kappa shape index (κ3) is 2.98. The highest BCUT2D eigenvalue weighted by Gasteiger charge is 2.11. The molecule has 1 N–H and O–H groups in total. The van der Waals surface area contributed by atoms with E-state index in [1.54, 1.807) is 4.68 Å². The normalized spacial score (nSPS) is 11.0. The molecule has 5 nitrogen and oxygen atoms in total. The van der Waals surface area contributed by atoms with Gasteiger partial charge in [-0.25, -0.2) is 4.98 Å². The first-order chi connectivity index (χ1) is 10.0. The number of carbonyl (C=O) groups excluding carboxylic acids is 1. The van der Waals surface area contributed by atoms with Gasteiger partial charge in [-0.2, -0.15) is 5.10 Å². The molecule has 0 spiro atoms. The van der Waals surface area contributed by atoms with Crippen molar-refractivity contribution in [2.45, 2.75) is 20.4 Å². The van der Waals surface area contributed by atoms with Crippen molar-refractivity contribution >= 4 is 48.5 Å². The Balaban J connectivity index is 1.77. The molecule has 108 valence electrons. The number of amides is 1. The van der Waals surface area contributed by atoms with Crippen LogP contribution in [0, 0.1) is 13.8 Å². The first kappa shape index (κ1) is 14.2. The number of fused-ring (bicyclic) bond motifs is 1. The van der Waals surface area contributed by atoms with Crippen molar-refractivity contribution in [3.63, 3.8) is 0 Å². The van der Waals surface area contributed by atoms with Gasteiger partial charge in [0.2, 0.25) is 5.91 Å². The summed E-state index contributed by atoms with van der Waals surface area (Å²) in [5.41, 5.74) is 2.74. The van der Waals surface area contributed by atoms with Crippen LogP contribution in [0.3, 0.4) is 0 Å². The van der Waals surface area contributed by atoms with Gasteiger partial charge in [0, 0.05) is 10.2 Å². The van der Waals surface area contributed by atoms with Crippen LogP contribution in [-0.2, 0) is 11.3 Å². The van der Waals surface area contributed by atoms with Crippen LogP contribution in [0.4, 0.5) is 5.13 Å². The molecule has 1 amide bonds. The Kier molecular flexibility index (Phi) is 3.77. The molecule has 0 radical (unpaired) electrons. The number of carbonyl (C=O) groups is 1. The Morgan fingerprint density at radius 1 is 1.43 bits per heavy atom. The largest absolute Gasteiger partial charge is 0.300 e. The van der Waals surface area contributed by atoms with Crippen LogP contribution < -0.4 is 5.32 Å². The van der Waals surface area contributed by atoms with Crippen LogP contribution in [0.15, 0.2) is 28.7 Å². The van der Waals surface area contributed by atoms with Crippen molar-refractivity contribution in [1.29, 1.82) is 0 Å². The molecule has 1 aromatic carbocycles. The van der Waals surface area contributed by atoms with Crippen molar-refractivity contribution in [2.24, 2.45) is 0 Å². The number of rotatable bonds is 3. The second kappa shape index (κ2) is 5.57. The van der Waals surface area contributed by atoms with E-state index in [0.717, 1.165) is 26.1 Å². The van der Waals surface area contributed by atoms with Gasteiger partial charge in [-0.15, -0.1) is 0 Å². The topological polar surface area (TPSA) is 59.8 Å². The molecule has 0 saturated carbocycles. The Morgan fingerprint density at radius 3 is 2.90 bits per heavy atom. The summed E-state index contributed by atoms with van der Waals surface area (Å²) in [7, 11) is 0. The molecular formula is C14H13BrN4OS. The standard InChI is InChI=1S/C14H13BrN4OS/c1-8-6-9(2)19(18-8)7-12(20)16-14-17-13-10(15)4-3-5-11(13)21-14/h3-6H,7H2,1-2H3,(H,16,17,20). The minimum absolute atomic E-state index is 0.128. The molecule has 3 aromatic rings. The summed E-state index contributed by atoms with van der Waals surface area (Å²) in [6.45, 7) is 4.03. The van der Waals surface area contributed by atoms with Crippen molar-refractivity contribution in [1.82, 2.24) is 14.8 Å². The Labute approximate surface area is 134 Å². The van der Waals surface area contributed by atoms with Gasteiger partial charge in [-0.3, -0.25) is 9.48 Å². The number of thiazole rings is 1. The maximum absolute atomic E-state index is 12.1. The van der Waals surface area contributed by atoms with Crippen LogP contribution in [0.2, 0.25) is 0 Å². The van der Waals surface area contributed by atoms with Gasteiger partial charge in [0.25, 0.3) is 0 Å². The van der Waals surface area contributed by atoms with Crippen LogP contribution in [0.25, 0.3) is 10.2 Å². The van der Waals surface area contributed by atoms with Crippen molar-refractivity contribution in [2.75, 3.05) is 5.32 Å². The fourth-order valence-corrected chi connectivity index (χ4v) is 3.59. The van der Waals surface area contributed by atoms with E-state index >= 15 is 0 Å². The highest BCUT2D eigenvalue weighted by molar-refractivity contribution is 9.10. The van der Waals surface area contributed by atoms with Gasteiger partial charge in [-0.05, 0) is 48.0 Å². The Morgan fingerprint density at radius 2 is 2.24 bits per heavy atom. The van der Waals surface area contributed by atoms with Crippen molar-refractivity contribution in [3.05, 3.63) is 40.1 Å². The van der Waals surface area contributed by atoms with E-state index < -0.39 is 0 Å².